The Hall–Kier alpha value is -2.50. The Balaban J connectivity index is 2.91. The lowest BCUT2D eigenvalue weighted by atomic mass is 10.2. The Kier molecular flexibility index (Phi) is 5.58. The van der Waals surface area contributed by atoms with Crippen LogP contribution < -0.4 is 10.1 Å². The molecule has 0 spiro atoms. The van der Waals surface area contributed by atoms with Crippen LogP contribution in [0, 0.1) is 0 Å². The zero-order valence-corrected chi connectivity index (χ0v) is 11.4. The van der Waals surface area contributed by atoms with Crippen molar-refractivity contribution in [2.24, 2.45) is 0 Å². The highest BCUT2D eigenvalue weighted by Crippen LogP contribution is 2.24. The van der Waals surface area contributed by atoms with Crippen LogP contribution in [-0.2, 0) is 4.74 Å². The van der Waals surface area contributed by atoms with Crippen LogP contribution in [0.4, 0.5) is 10.5 Å². The van der Waals surface area contributed by atoms with Gasteiger partial charge >= 0.3 is 12.1 Å². The second-order valence-electron chi connectivity index (χ2n) is 4.19. The molecule has 1 aromatic carbocycles. The van der Waals surface area contributed by atoms with Crippen molar-refractivity contribution in [3.63, 3.8) is 0 Å². The average Bonchev–Trinajstić information content (AvgIpc) is 2.35. The van der Waals surface area contributed by atoms with Gasteiger partial charge in [-0.25, -0.2) is 9.59 Å². The number of hydrogen-bond donors (Lipinski definition) is 2. The third-order valence-corrected chi connectivity index (χ3v) is 2.15. The minimum absolute atomic E-state index is 0.0312. The lowest BCUT2D eigenvalue weighted by Gasteiger charge is -2.14. The number of ether oxygens (including phenoxy) is 2. The Morgan fingerprint density at radius 3 is 2.70 bits per heavy atom. The first kappa shape index (κ1) is 15.6. The van der Waals surface area contributed by atoms with E-state index in [4.69, 9.17) is 14.6 Å². The summed E-state index contributed by atoms with van der Waals surface area (Å²) in [5.74, 6) is -0.907. The number of carbonyl (C=O) groups excluding carboxylic acids is 1. The molecule has 6 heteroatoms. The summed E-state index contributed by atoms with van der Waals surface area (Å²) in [6, 6.07) is 4.27. The molecule has 0 aliphatic heterocycles. The molecule has 1 rings (SSSR count). The summed E-state index contributed by atoms with van der Waals surface area (Å²) >= 11 is 0. The molecule has 0 radical (unpaired) electrons. The van der Waals surface area contributed by atoms with Crippen LogP contribution in [0.1, 0.15) is 24.2 Å². The zero-order chi connectivity index (χ0) is 15.1. The summed E-state index contributed by atoms with van der Waals surface area (Å²) in [6.45, 7) is 7.08. The van der Waals surface area contributed by atoms with E-state index in [-0.39, 0.29) is 24.0 Å². The SMILES string of the molecule is C=CCOC(=O)Nc1ccc(C(=O)O)c(OC(C)C)c1. The van der Waals surface area contributed by atoms with Gasteiger partial charge in [0, 0.05) is 11.8 Å². The van der Waals surface area contributed by atoms with Crippen LogP contribution in [0.15, 0.2) is 30.9 Å². The van der Waals surface area contributed by atoms with Crippen molar-refractivity contribution in [3.05, 3.63) is 36.4 Å². The van der Waals surface area contributed by atoms with Gasteiger partial charge < -0.3 is 14.6 Å². The van der Waals surface area contributed by atoms with E-state index in [1.54, 1.807) is 13.8 Å². The highest BCUT2D eigenvalue weighted by atomic mass is 16.5. The Labute approximate surface area is 117 Å². The monoisotopic (exact) mass is 279 g/mol. The fourth-order valence-corrected chi connectivity index (χ4v) is 1.42. The minimum atomic E-state index is -1.10. The minimum Gasteiger partial charge on any atom is -0.490 e. The van der Waals surface area contributed by atoms with Gasteiger partial charge in [-0.15, -0.1) is 0 Å². The second-order valence-corrected chi connectivity index (χ2v) is 4.19. The first-order valence-electron chi connectivity index (χ1n) is 6.02. The predicted octanol–water partition coefficient (Wildman–Crippen LogP) is 2.91. The van der Waals surface area contributed by atoms with Crippen LogP contribution in [0.2, 0.25) is 0 Å². The van der Waals surface area contributed by atoms with Crippen molar-refractivity contribution in [2.45, 2.75) is 20.0 Å². The normalized spacial score (nSPS) is 9.95. The third kappa shape index (κ3) is 4.64. The molecule has 20 heavy (non-hydrogen) atoms. The van der Waals surface area contributed by atoms with E-state index in [0.717, 1.165) is 0 Å². The molecule has 108 valence electrons. The highest BCUT2D eigenvalue weighted by molar-refractivity contribution is 5.93. The van der Waals surface area contributed by atoms with Gasteiger partial charge in [0.2, 0.25) is 0 Å². The fraction of sp³-hybridized carbons (Fsp3) is 0.286. The molecule has 0 saturated carbocycles. The number of carbonyl (C=O) groups is 2. The molecule has 1 amide bonds. The van der Waals surface area contributed by atoms with E-state index < -0.39 is 12.1 Å². The molecular weight excluding hydrogens is 262 g/mol. The number of carboxylic acids is 1. The molecule has 1 aromatic rings. The lowest BCUT2D eigenvalue weighted by Crippen LogP contribution is -2.15. The van der Waals surface area contributed by atoms with E-state index in [9.17, 15) is 9.59 Å². The van der Waals surface area contributed by atoms with Crippen LogP contribution in [0.3, 0.4) is 0 Å². The van der Waals surface area contributed by atoms with Crippen molar-refractivity contribution in [2.75, 3.05) is 11.9 Å². The van der Waals surface area contributed by atoms with Crippen LogP contribution in [0.25, 0.3) is 0 Å². The van der Waals surface area contributed by atoms with E-state index in [2.05, 4.69) is 11.9 Å². The Bertz CT molecular complexity index is 510. The van der Waals surface area contributed by atoms with Crippen LogP contribution >= 0.6 is 0 Å². The zero-order valence-electron chi connectivity index (χ0n) is 11.4. The number of aromatic carboxylic acids is 1. The van der Waals surface area contributed by atoms with Gasteiger partial charge in [-0.05, 0) is 26.0 Å². The molecule has 6 nitrogen and oxygen atoms in total. The maximum Gasteiger partial charge on any atom is 0.411 e. The first-order chi connectivity index (χ1) is 9.43. The van der Waals surface area contributed by atoms with Gasteiger partial charge in [0.25, 0.3) is 0 Å². The molecular formula is C14H17NO5. The molecule has 0 aliphatic carbocycles. The van der Waals surface area contributed by atoms with Gasteiger partial charge in [0.05, 0.1) is 6.10 Å². The summed E-state index contributed by atoms with van der Waals surface area (Å²) in [5, 5.41) is 11.5. The maximum atomic E-state index is 11.4. The predicted molar refractivity (Wildman–Crippen MR) is 74.3 cm³/mol. The van der Waals surface area contributed by atoms with Gasteiger partial charge in [-0.1, -0.05) is 12.7 Å². The number of amides is 1. The van der Waals surface area contributed by atoms with Crippen molar-refractivity contribution in [3.8, 4) is 5.75 Å². The molecule has 0 atom stereocenters. The summed E-state index contributed by atoms with van der Waals surface area (Å²) in [5.41, 5.74) is 0.420. The number of benzene rings is 1. The first-order valence-corrected chi connectivity index (χ1v) is 6.02. The largest absolute Gasteiger partial charge is 0.490 e. The van der Waals surface area contributed by atoms with E-state index in [1.165, 1.54) is 24.3 Å². The summed E-state index contributed by atoms with van der Waals surface area (Å²) in [4.78, 5) is 22.5. The quantitative estimate of drug-likeness (QED) is 0.782. The van der Waals surface area contributed by atoms with Crippen molar-refractivity contribution in [1.29, 1.82) is 0 Å². The third-order valence-electron chi connectivity index (χ3n) is 2.15. The van der Waals surface area contributed by atoms with E-state index in [0.29, 0.717) is 5.69 Å². The standard InChI is InChI=1S/C14H17NO5/c1-4-7-19-14(18)15-10-5-6-11(13(16)17)12(8-10)20-9(2)3/h4-6,8-9H,1,7H2,2-3H3,(H,15,18)(H,16,17). The molecule has 0 bridgehead atoms. The summed E-state index contributed by atoms with van der Waals surface area (Å²) in [6.07, 6.45) is 0.611. The molecule has 0 aliphatic rings. The van der Waals surface area contributed by atoms with E-state index >= 15 is 0 Å². The Morgan fingerprint density at radius 1 is 1.45 bits per heavy atom. The van der Waals surface area contributed by atoms with Gasteiger partial charge in [-0.3, -0.25) is 5.32 Å². The molecule has 0 heterocycles. The number of carboxylic acid groups (broad SMARTS) is 1. The average molecular weight is 279 g/mol. The summed E-state index contributed by atoms with van der Waals surface area (Å²) < 4.78 is 10.2. The van der Waals surface area contributed by atoms with Gasteiger partial charge in [-0.2, -0.15) is 0 Å². The number of rotatable bonds is 6. The smallest absolute Gasteiger partial charge is 0.411 e. The summed E-state index contributed by atoms with van der Waals surface area (Å²) in [7, 11) is 0. The Morgan fingerprint density at radius 2 is 2.15 bits per heavy atom. The fourth-order valence-electron chi connectivity index (χ4n) is 1.42. The van der Waals surface area contributed by atoms with Crippen LogP contribution in [0.5, 0.6) is 5.75 Å². The van der Waals surface area contributed by atoms with Crippen LogP contribution in [-0.4, -0.2) is 29.9 Å². The number of nitrogens with one attached hydrogen (secondary N) is 1. The van der Waals surface area contributed by atoms with Gasteiger partial charge in [0.1, 0.15) is 17.9 Å². The molecule has 0 saturated heterocycles. The second kappa shape index (κ2) is 7.18. The van der Waals surface area contributed by atoms with Crippen molar-refractivity contribution >= 4 is 17.7 Å². The maximum absolute atomic E-state index is 11.4. The molecule has 2 N–H and O–H groups in total. The molecule has 0 unspecified atom stereocenters. The number of anilines is 1. The molecule has 0 fully saturated rings. The topological polar surface area (TPSA) is 84.9 Å². The highest BCUT2D eigenvalue weighted by Gasteiger charge is 2.14. The van der Waals surface area contributed by atoms with Crippen molar-refractivity contribution in [1.82, 2.24) is 0 Å². The number of hydrogen-bond acceptors (Lipinski definition) is 4. The van der Waals surface area contributed by atoms with Gasteiger partial charge in [0.15, 0.2) is 0 Å². The van der Waals surface area contributed by atoms with Crippen molar-refractivity contribution < 1.29 is 24.2 Å². The molecule has 0 aromatic heterocycles. The van der Waals surface area contributed by atoms with E-state index in [1.807, 2.05) is 0 Å². The lowest BCUT2D eigenvalue weighted by molar-refractivity contribution is 0.0690.